The van der Waals surface area contributed by atoms with Crippen LogP contribution in [0.2, 0.25) is 5.15 Å². The highest BCUT2D eigenvalue weighted by atomic mass is 35.5. The zero-order valence-corrected chi connectivity index (χ0v) is 12.1. The summed E-state index contributed by atoms with van der Waals surface area (Å²) >= 11 is 6.11. The number of aryl methyl sites for hydroxylation is 1. The van der Waals surface area contributed by atoms with Crippen LogP contribution in [0.15, 0.2) is 24.5 Å². The minimum absolute atomic E-state index is 0.366. The van der Waals surface area contributed by atoms with Crippen LogP contribution >= 0.6 is 11.6 Å². The van der Waals surface area contributed by atoms with Crippen LogP contribution in [0.25, 0.3) is 5.78 Å². The Labute approximate surface area is 121 Å². The van der Waals surface area contributed by atoms with Crippen LogP contribution in [0.1, 0.15) is 16.7 Å². The van der Waals surface area contributed by atoms with Crippen molar-refractivity contribution in [2.75, 3.05) is 0 Å². The molecule has 0 saturated heterocycles. The Kier molecular flexibility index (Phi) is 3.06. The normalized spacial score (nSPS) is 11.0. The first kappa shape index (κ1) is 12.9. The number of hydrogen-bond acceptors (Lipinski definition) is 4. The molecule has 0 aliphatic carbocycles. The molecule has 2 aromatic heterocycles. The van der Waals surface area contributed by atoms with Gasteiger partial charge in [0.15, 0.2) is 0 Å². The van der Waals surface area contributed by atoms with Gasteiger partial charge in [-0.25, -0.2) is 0 Å². The van der Waals surface area contributed by atoms with Crippen LogP contribution in [0.3, 0.4) is 0 Å². The molecule has 0 aliphatic rings. The molecule has 0 fully saturated rings. The number of halogens is 1. The van der Waals surface area contributed by atoms with E-state index in [0.717, 1.165) is 22.4 Å². The summed E-state index contributed by atoms with van der Waals surface area (Å²) in [7, 11) is 0. The molecule has 5 nitrogen and oxygen atoms in total. The second-order valence-corrected chi connectivity index (χ2v) is 4.96. The Morgan fingerprint density at radius 1 is 1.15 bits per heavy atom. The van der Waals surface area contributed by atoms with E-state index in [1.165, 1.54) is 6.33 Å². The van der Waals surface area contributed by atoms with Crippen molar-refractivity contribution in [3.8, 4) is 11.6 Å². The first-order valence-corrected chi connectivity index (χ1v) is 6.55. The third-order valence-electron chi connectivity index (χ3n) is 3.31. The predicted octanol–water partition coefficient (Wildman–Crippen LogP) is 3.50. The lowest BCUT2D eigenvalue weighted by molar-refractivity contribution is 0.438. The van der Waals surface area contributed by atoms with Gasteiger partial charge in [-0.3, -0.25) is 0 Å². The average molecular weight is 289 g/mol. The van der Waals surface area contributed by atoms with Crippen molar-refractivity contribution in [1.82, 2.24) is 19.6 Å². The van der Waals surface area contributed by atoms with Crippen molar-refractivity contribution in [1.29, 1.82) is 0 Å². The molecule has 0 spiro atoms. The first-order chi connectivity index (χ1) is 9.58. The van der Waals surface area contributed by atoms with Crippen molar-refractivity contribution in [2.45, 2.75) is 20.8 Å². The highest BCUT2D eigenvalue weighted by Crippen LogP contribution is 2.31. The maximum Gasteiger partial charge on any atom is 0.256 e. The SMILES string of the molecule is Cc1cccc(Oc2c(C)c(Cl)nc3ncnn23)c1C. The largest absolute Gasteiger partial charge is 0.438 e. The molecule has 0 atom stereocenters. The standard InChI is InChI=1S/C14H13ClN4O/c1-8-5-4-6-11(9(8)2)20-13-10(3)12(15)18-14-16-7-17-19(13)14/h4-7H,1-3H3. The number of nitrogens with zero attached hydrogens (tertiary/aromatic N) is 4. The fraction of sp³-hybridized carbons (Fsp3) is 0.214. The molecule has 20 heavy (non-hydrogen) atoms. The summed E-state index contributed by atoms with van der Waals surface area (Å²) in [6, 6.07) is 5.91. The van der Waals surface area contributed by atoms with E-state index >= 15 is 0 Å². The Balaban J connectivity index is 2.17. The number of rotatable bonds is 2. The molecule has 0 bridgehead atoms. The molecule has 0 unspecified atom stereocenters. The van der Waals surface area contributed by atoms with E-state index < -0.39 is 0 Å². The number of fused-ring (bicyclic) bond motifs is 1. The van der Waals surface area contributed by atoms with E-state index in [9.17, 15) is 0 Å². The average Bonchev–Trinajstić information content (AvgIpc) is 2.87. The van der Waals surface area contributed by atoms with Crippen LogP contribution in [0.5, 0.6) is 11.6 Å². The van der Waals surface area contributed by atoms with Crippen molar-refractivity contribution >= 4 is 17.4 Å². The molecular weight excluding hydrogens is 276 g/mol. The zero-order chi connectivity index (χ0) is 14.3. The highest BCUT2D eigenvalue weighted by Gasteiger charge is 2.15. The number of aromatic nitrogens is 4. The Bertz CT molecular complexity index is 797. The van der Waals surface area contributed by atoms with E-state index in [-0.39, 0.29) is 0 Å². The van der Waals surface area contributed by atoms with Crippen molar-refractivity contribution in [3.63, 3.8) is 0 Å². The lowest BCUT2D eigenvalue weighted by Crippen LogP contribution is -2.02. The van der Waals surface area contributed by atoms with Crippen LogP contribution in [-0.4, -0.2) is 19.6 Å². The molecule has 0 amide bonds. The van der Waals surface area contributed by atoms with Crippen molar-refractivity contribution in [3.05, 3.63) is 46.4 Å². The molecule has 6 heteroatoms. The van der Waals surface area contributed by atoms with Crippen LogP contribution in [0, 0.1) is 20.8 Å². The van der Waals surface area contributed by atoms with E-state index in [1.807, 2.05) is 39.0 Å². The van der Waals surface area contributed by atoms with Gasteiger partial charge in [0.05, 0.1) is 0 Å². The third-order valence-corrected chi connectivity index (χ3v) is 3.68. The fourth-order valence-corrected chi connectivity index (χ4v) is 2.09. The number of ether oxygens (including phenoxy) is 1. The van der Waals surface area contributed by atoms with Gasteiger partial charge in [-0.2, -0.15) is 19.6 Å². The minimum Gasteiger partial charge on any atom is -0.438 e. The molecule has 3 rings (SSSR count). The Hall–Kier alpha value is -2.14. The quantitative estimate of drug-likeness (QED) is 0.677. The maximum absolute atomic E-state index is 6.11. The molecule has 102 valence electrons. The second-order valence-electron chi connectivity index (χ2n) is 4.60. The van der Waals surface area contributed by atoms with Crippen LogP contribution in [0.4, 0.5) is 0 Å². The number of hydrogen-bond donors (Lipinski definition) is 0. The van der Waals surface area contributed by atoms with E-state index in [1.54, 1.807) is 4.52 Å². The van der Waals surface area contributed by atoms with Gasteiger partial charge in [-0.1, -0.05) is 23.7 Å². The minimum atomic E-state index is 0.366. The summed E-state index contributed by atoms with van der Waals surface area (Å²) in [4.78, 5) is 8.19. The molecule has 0 saturated carbocycles. The summed E-state index contributed by atoms with van der Waals surface area (Å²) in [6.07, 6.45) is 1.42. The Morgan fingerprint density at radius 2 is 1.95 bits per heavy atom. The summed E-state index contributed by atoms with van der Waals surface area (Å²) in [5.41, 5.74) is 2.97. The summed E-state index contributed by atoms with van der Waals surface area (Å²) in [5, 5.41) is 4.49. The lowest BCUT2D eigenvalue weighted by Gasteiger charge is -2.13. The van der Waals surface area contributed by atoms with Crippen LogP contribution in [-0.2, 0) is 0 Å². The molecule has 0 aliphatic heterocycles. The molecule has 2 heterocycles. The van der Waals surface area contributed by atoms with Gasteiger partial charge in [-0.15, -0.1) is 0 Å². The zero-order valence-electron chi connectivity index (χ0n) is 11.4. The van der Waals surface area contributed by atoms with Crippen molar-refractivity contribution < 1.29 is 4.74 Å². The molecule has 0 radical (unpaired) electrons. The number of benzene rings is 1. The topological polar surface area (TPSA) is 52.3 Å². The molecule has 0 N–H and O–H groups in total. The van der Waals surface area contributed by atoms with Gasteiger partial charge >= 0.3 is 0 Å². The molecular formula is C14H13ClN4O. The summed E-state index contributed by atoms with van der Waals surface area (Å²) < 4.78 is 7.55. The monoisotopic (exact) mass is 288 g/mol. The fourth-order valence-electron chi connectivity index (χ4n) is 1.93. The highest BCUT2D eigenvalue weighted by molar-refractivity contribution is 6.30. The Morgan fingerprint density at radius 3 is 2.75 bits per heavy atom. The molecule has 1 aromatic carbocycles. The van der Waals surface area contributed by atoms with Gasteiger partial charge in [0.1, 0.15) is 17.2 Å². The summed E-state index contributed by atoms with van der Waals surface area (Å²) in [5.74, 6) is 1.72. The van der Waals surface area contributed by atoms with Gasteiger partial charge < -0.3 is 4.74 Å². The van der Waals surface area contributed by atoms with Crippen molar-refractivity contribution in [2.24, 2.45) is 0 Å². The van der Waals surface area contributed by atoms with E-state index in [0.29, 0.717) is 16.8 Å². The maximum atomic E-state index is 6.11. The summed E-state index contributed by atoms with van der Waals surface area (Å²) in [6.45, 7) is 5.90. The smallest absolute Gasteiger partial charge is 0.256 e. The van der Waals surface area contributed by atoms with Gasteiger partial charge in [0, 0.05) is 5.56 Å². The van der Waals surface area contributed by atoms with Gasteiger partial charge in [0.25, 0.3) is 5.78 Å². The van der Waals surface area contributed by atoms with E-state index in [4.69, 9.17) is 16.3 Å². The van der Waals surface area contributed by atoms with E-state index in [2.05, 4.69) is 15.1 Å². The predicted molar refractivity (Wildman–Crippen MR) is 76.5 cm³/mol. The van der Waals surface area contributed by atoms with Gasteiger partial charge in [-0.05, 0) is 38.0 Å². The van der Waals surface area contributed by atoms with Crippen LogP contribution < -0.4 is 4.74 Å². The van der Waals surface area contributed by atoms with Gasteiger partial charge in [0.2, 0.25) is 5.88 Å². The first-order valence-electron chi connectivity index (χ1n) is 6.18. The third kappa shape index (κ3) is 2.00. The second kappa shape index (κ2) is 4.76. The lowest BCUT2D eigenvalue weighted by atomic mass is 10.1. The molecule has 3 aromatic rings.